The zero-order valence-corrected chi connectivity index (χ0v) is 8.97. The molecule has 0 spiro atoms. The predicted octanol–water partition coefficient (Wildman–Crippen LogP) is 1.52. The first-order valence-electron chi connectivity index (χ1n) is 5.08. The summed E-state index contributed by atoms with van der Waals surface area (Å²) in [5.74, 6) is -0.191. The molecule has 0 aliphatic carbocycles. The number of benzene rings is 1. The van der Waals surface area contributed by atoms with Crippen LogP contribution in [0.4, 0.5) is 5.69 Å². The SMILES string of the molecule is C[C@H](N)C(=O)Nc1ccc2ncccc2c1. The first-order chi connectivity index (χ1) is 7.66. The molecule has 0 bridgehead atoms. The van der Waals surface area contributed by atoms with Gasteiger partial charge in [0.2, 0.25) is 5.91 Å². The Morgan fingerprint density at radius 1 is 1.44 bits per heavy atom. The molecule has 3 N–H and O–H groups in total. The molecule has 1 atom stereocenters. The third kappa shape index (κ3) is 2.17. The normalized spacial score (nSPS) is 12.4. The fraction of sp³-hybridized carbons (Fsp3) is 0.167. The summed E-state index contributed by atoms with van der Waals surface area (Å²) in [5.41, 5.74) is 7.11. The first-order valence-corrected chi connectivity index (χ1v) is 5.08. The molecule has 1 amide bonds. The van der Waals surface area contributed by atoms with Crippen molar-refractivity contribution in [2.45, 2.75) is 13.0 Å². The summed E-state index contributed by atoms with van der Waals surface area (Å²) < 4.78 is 0. The zero-order valence-electron chi connectivity index (χ0n) is 8.97. The highest BCUT2D eigenvalue weighted by atomic mass is 16.2. The Labute approximate surface area is 93.5 Å². The van der Waals surface area contributed by atoms with Gasteiger partial charge in [0.15, 0.2) is 0 Å². The number of carbonyl (C=O) groups is 1. The number of nitrogens with zero attached hydrogens (tertiary/aromatic N) is 1. The molecule has 0 unspecified atom stereocenters. The molecule has 0 saturated carbocycles. The Balaban J connectivity index is 2.29. The van der Waals surface area contributed by atoms with Gasteiger partial charge >= 0.3 is 0 Å². The highest BCUT2D eigenvalue weighted by Crippen LogP contribution is 2.16. The molecule has 1 aromatic carbocycles. The van der Waals surface area contributed by atoms with Crippen LogP contribution in [0.2, 0.25) is 0 Å². The second-order valence-electron chi connectivity index (χ2n) is 3.69. The molecule has 82 valence electrons. The third-order valence-electron chi connectivity index (χ3n) is 2.28. The maximum Gasteiger partial charge on any atom is 0.240 e. The Bertz CT molecular complexity index is 522. The monoisotopic (exact) mass is 215 g/mol. The topological polar surface area (TPSA) is 68.0 Å². The van der Waals surface area contributed by atoms with Crippen molar-refractivity contribution in [1.29, 1.82) is 0 Å². The van der Waals surface area contributed by atoms with Gasteiger partial charge in [0.25, 0.3) is 0 Å². The van der Waals surface area contributed by atoms with E-state index in [1.54, 1.807) is 13.1 Å². The summed E-state index contributed by atoms with van der Waals surface area (Å²) in [6.07, 6.45) is 1.74. The number of hydrogen-bond donors (Lipinski definition) is 2. The number of fused-ring (bicyclic) bond motifs is 1. The quantitative estimate of drug-likeness (QED) is 0.798. The lowest BCUT2D eigenvalue weighted by Gasteiger charge is -2.08. The van der Waals surface area contributed by atoms with Crippen molar-refractivity contribution in [1.82, 2.24) is 4.98 Å². The average Bonchev–Trinajstić information content (AvgIpc) is 2.28. The van der Waals surface area contributed by atoms with E-state index >= 15 is 0 Å². The van der Waals surface area contributed by atoms with Crippen LogP contribution in [-0.4, -0.2) is 16.9 Å². The molecule has 1 aromatic heterocycles. The molecule has 1 heterocycles. The maximum absolute atomic E-state index is 11.4. The zero-order chi connectivity index (χ0) is 11.5. The Morgan fingerprint density at radius 3 is 3.00 bits per heavy atom. The molecule has 2 rings (SSSR count). The summed E-state index contributed by atoms with van der Waals surface area (Å²) >= 11 is 0. The van der Waals surface area contributed by atoms with Crippen LogP contribution >= 0.6 is 0 Å². The van der Waals surface area contributed by atoms with Gasteiger partial charge in [-0.05, 0) is 31.2 Å². The molecule has 16 heavy (non-hydrogen) atoms. The van der Waals surface area contributed by atoms with Gasteiger partial charge < -0.3 is 11.1 Å². The van der Waals surface area contributed by atoms with E-state index in [1.807, 2.05) is 30.3 Å². The van der Waals surface area contributed by atoms with Gasteiger partial charge in [0.05, 0.1) is 11.6 Å². The van der Waals surface area contributed by atoms with Crippen LogP contribution in [0.1, 0.15) is 6.92 Å². The average molecular weight is 215 g/mol. The van der Waals surface area contributed by atoms with E-state index in [1.165, 1.54) is 0 Å². The van der Waals surface area contributed by atoms with Gasteiger partial charge in [-0.2, -0.15) is 0 Å². The van der Waals surface area contributed by atoms with E-state index in [0.717, 1.165) is 16.6 Å². The van der Waals surface area contributed by atoms with Crippen molar-refractivity contribution in [3.05, 3.63) is 36.5 Å². The lowest BCUT2D eigenvalue weighted by molar-refractivity contribution is -0.117. The van der Waals surface area contributed by atoms with Gasteiger partial charge in [-0.1, -0.05) is 6.07 Å². The van der Waals surface area contributed by atoms with E-state index in [2.05, 4.69) is 10.3 Å². The van der Waals surface area contributed by atoms with Crippen molar-refractivity contribution in [2.75, 3.05) is 5.32 Å². The predicted molar refractivity (Wildman–Crippen MR) is 64.0 cm³/mol. The fourth-order valence-electron chi connectivity index (χ4n) is 1.41. The van der Waals surface area contributed by atoms with Crippen LogP contribution in [0.3, 0.4) is 0 Å². The van der Waals surface area contributed by atoms with E-state index in [9.17, 15) is 4.79 Å². The summed E-state index contributed by atoms with van der Waals surface area (Å²) in [7, 11) is 0. The molecule has 0 fully saturated rings. The van der Waals surface area contributed by atoms with Crippen molar-refractivity contribution >= 4 is 22.5 Å². The standard InChI is InChI=1S/C12H13N3O/c1-8(13)12(16)15-10-4-5-11-9(7-10)3-2-6-14-11/h2-8H,13H2,1H3,(H,15,16)/t8-/m0/s1. The van der Waals surface area contributed by atoms with E-state index in [4.69, 9.17) is 5.73 Å². The molecule has 0 aliphatic rings. The second-order valence-corrected chi connectivity index (χ2v) is 3.69. The third-order valence-corrected chi connectivity index (χ3v) is 2.28. The van der Waals surface area contributed by atoms with Crippen LogP contribution in [0.25, 0.3) is 10.9 Å². The summed E-state index contributed by atoms with van der Waals surface area (Å²) in [5, 5.41) is 3.73. The summed E-state index contributed by atoms with van der Waals surface area (Å²) in [6, 6.07) is 8.86. The lowest BCUT2D eigenvalue weighted by Crippen LogP contribution is -2.32. The molecule has 4 heteroatoms. The minimum absolute atomic E-state index is 0.191. The summed E-state index contributed by atoms with van der Waals surface area (Å²) in [4.78, 5) is 15.6. The number of aromatic nitrogens is 1. The molecule has 0 aliphatic heterocycles. The molecular formula is C12H13N3O. The minimum Gasteiger partial charge on any atom is -0.325 e. The number of rotatable bonds is 2. The van der Waals surface area contributed by atoms with Crippen LogP contribution in [0.5, 0.6) is 0 Å². The Morgan fingerprint density at radius 2 is 2.25 bits per heavy atom. The molecular weight excluding hydrogens is 202 g/mol. The van der Waals surface area contributed by atoms with E-state index in [0.29, 0.717) is 0 Å². The first kappa shape index (κ1) is 10.6. The fourth-order valence-corrected chi connectivity index (χ4v) is 1.41. The highest BCUT2D eigenvalue weighted by Gasteiger charge is 2.07. The number of nitrogens with two attached hydrogens (primary N) is 1. The van der Waals surface area contributed by atoms with Gasteiger partial charge in [-0.15, -0.1) is 0 Å². The number of carbonyl (C=O) groups excluding carboxylic acids is 1. The van der Waals surface area contributed by atoms with E-state index < -0.39 is 6.04 Å². The number of anilines is 1. The number of pyridine rings is 1. The summed E-state index contributed by atoms with van der Waals surface area (Å²) in [6.45, 7) is 1.65. The maximum atomic E-state index is 11.4. The molecule has 4 nitrogen and oxygen atoms in total. The smallest absolute Gasteiger partial charge is 0.240 e. The number of amides is 1. The van der Waals surface area contributed by atoms with Crippen molar-refractivity contribution in [2.24, 2.45) is 5.73 Å². The lowest BCUT2D eigenvalue weighted by atomic mass is 10.2. The van der Waals surface area contributed by atoms with Crippen molar-refractivity contribution in [3.8, 4) is 0 Å². The van der Waals surface area contributed by atoms with E-state index in [-0.39, 0.29) is 5.91 Å². The number of hydrogen-bond acceptors (Lipinski definition) is 3. The minimum atomic E-state index is -0.510. The molecule has 2 aromatic rings. The van der Waals surface area contributed by atoms with Crippen LogP contribution in [0, 0.1) is 0 Å². The second kappa shape index (κ2) is 4.28. The van der Waals surface area contributed by atoms with Gasteiger partial charge in [0, 0.05) is 17.3 Å². The van der Waals surface area contributed by atoms with Gasteiger partial charge in [-0.25, -0.2) is 0 Å². The number of nitrogens with one attached hydrogen (secondary N) is 1. The Hall–Kier alpha value is -1.94. The highest BCUT2D eigenvalue weighted by molar-refractivity contribution is 5.96. The van der Waals surface area contributed by atoms with Gasteiger partial charge in [-0.3, -0.25) is 9.78 Å². The largest absolute Gasteiger partial charge is 0.325 e. The van der Waals surface area contributed by atoms with Gasteiger partial charge in [0.1, 0.15) is 0 Å². The molecule has 0 radical (unpaired) electrons. The van der Waals surface area contributed by atoms with Crippen LogP contribution in [-0.2, 0) is 4.79 Å². The van der Waals surface area contributed by atoms with Crippen LogP contribution in [0.15, 0.2) is 36.5 Å². The van der Waals surface area contributed by atoms with Crippen molar-refractivity contribution in [3.63, 3.8) is 0 Å². The molecule has 0 saturated heterocycles. The Kier molecular flexibility index (Phi) is 2.83. The van der Waals surface area contributed by atoms with Crippen LogP contribution < -0.4 is 11.1 Å². The van der Waals surface area contributed by atoms with Crippen molar-refractivity contribution < 1.29 is 4.79 Å².